The van der Waals surface area contributed by atoms with Crippen LogP contribution in [0.15, 0.2) is 0 Å². The van der Waals surface area contributed by atoms with Gasteiger partial charge >= 0.3 is 29.4 Å². The third kappa shape index (κ3) is 1.38. The van der Waals surface area contributed by atoms with Crippen LogP contribution in [-0.2, 0) is 20.0 Å². The van der Waals surface area contributed by atoms with Gasteiger partial charge in [-0.25, -0.2) is 16.8 Å². The van der Waals surface area contributed by atoms with E-state index in [1.165, 1.54) is 4.13 Å². The summed E-state index contributed by atoms with van der Waals surface area (Å²) in [5.41, 5.74) is 0. The van der Waals surface area contributed by atoms with E-state index in [0.717, 1.165) is 0 Å². The molecule has 1 heterocycles. The Morgan fingerprint density at radius 1 is 0.786 bits per heavy atom. The zero-order valence-electron chi connectivity index (χ0n) is 6.41. The van der Waals surface area contributed by atoms with E-state index in [0.29, 0.717) is 0 Å². The summed E-state index contributed by atoms with van der Waals surface area (Å²) in [7, 11) is -12.0. The molecule has 0 spiro atoms. The Labute approximate surface area is 88.1 Å². The molecule has 0 aliphatic carbocycles. The molecular formula is C2F4LiNO4S2. The van der Waals surface area contributed by atoms with Gasteiger partial charge in [0.1, 0.15) is 0 Å². The number of hydrogen-bond acceptors (Lipinski definition) is 4. The van der Waals surface area contributed by atoms with Crippen molar-refractivity contribution in [2.24, 2.45) is 0 Å². The molecule has 1 rings (SSSR count). The number of hydrogen-bond donors (Lipinski definition) is 0. The van der Waals surface area contributed by atoms with Crippen LogP contribution >= 0.6 is 0 Å². The minimum absolute atomic E-state index is 0. The molecule has 0 aromatic carbocycles. The summed E-state index contributed by atoms with van der Waals surface area (Å²) in [6.45, 7) is 0. The summed E-state index contributed by atoms with van der Waals surface area (Å²) in [5.74, 6) is 0. The van der Waals surface area contributed by atoms with E-state index in [1.54, 1.807) is 0 Å². The van der Waals surface area contributed by atoms with Gasteiger partial charge < -0.3 is 4.13 Å². The molecule has 14 heavy (non-hydrogen) atoms. The molecule has 0 aromatic rings. The van der Waals surface area contributed by atoms with Gasteiger partial charge in [0.2, 0.25) is 0 Å². The third-order valence-electron chi connectivity index (χ3n) is 1.18. The van der Waals surface area contributed by atoms with Crippen molar-refractivity contribution >= 4 is 20.0 Å². The van der Waals surface area contributed by atoms with Crippen LogP contribution in [0.25, 0.3) is 4.13 Å². The SMILES string of the molecule is O=S1(=O)[N-]S(=O)(=O)C(F)(F)C1(F)F.[Li+]. The number of nitrogens with zero attached hydrogens (tertiary/aromatic N) is 1. The van der Waals surface area contributed by atoms with Gasteiger partial charge in [-0.3, -0.25) is 0 Å². The molecule has 5 nitrogen and oxygen atoms in total. The normalized spacial score (nSPS) is 30.6. The van der Waals surface area contributed by atoms with Crippen molar-refractivity contribution < 1.29 is 53.3 Å². The fraction of sp³-hybridized carbons (Fsp3) is 1.00. The van der Waals surface area contributed by atoms with Crippen LogP contribution < -0.4 is 18.9 Å². The predicted octanol–water partition coefficient (Wildman–Crippen LogP) is -2.78. The molecule has 1 fully saturated rings. The monoisotopic (exact) mass is 249 g/mol. The molecular weight excluding hydrogens is 249 g/mol. The first-order valence-electron chi connectivity index (χ1n) is 2.45. The summed E-state index contributed by atoms with van der Waals surface area (Å²) in [6.07, 6.45) is 0. The summed E-state index contributed by atoms with van der Waals surface area (Å²) < 4.78 is 90.7. The Hall–Kier alpha value is 0.177. The summed E-state index contributed by atoms with van der Waals surface area (Å²) in [6, 6.07) is 0. The maximum Gasteiger partial charge on any atom is 1.00 e. The molecule has 0 radical (unpaired) electrons. The van der Waals surface area contributed by atoms with Gasteiger partial charge in [0, 0.05) is 0 Å². The van der Waals surface area contributed by atoms with Crippen LogP contribution in [0.2, 0.25) is 0 Å². The third-order valence-corrected chi connectivity index (χ3v) is 4.69. The molecule has 0 saturated carbocycles. The molecule has 12 heteroatoms. The zero-order chi connectivity index (χ0) is 10.7. The van der Waals surface area contributed by atoms with Gasteiger partial charge in [0.25, 0.3) is 0 Å². The van der Waals surface area contributed by atoms with Crippen LogP contribution in [0, 0.1) is 0 Å². The van der Waals surface area contributed by atoms with Crippen LogP contribution in [0.3, 0.4) is 0 Å². The van der Waals surface area contributed by atoms with Gasteiger partial charge in [0.15, 0.2) is 20.0 Å². The number of sulfonamides is 2. The van der Waals surface area contributed by atoms with E-state index in [1.807, 2.05) is 0 Å². The standard InChI is InChI=1S/C2F4NO4S2.Li/c3-1(4)2(5,6)13(10,11)7-12(1,8)9;/q-1;+1. The van der Waals surface area contributed by atoms with Crippen molar-refractivity contribution in [2.45, 2.75) is 10.5 Å². The maximum absolute atomic E-state index is 12.2. The van der Waals surface area contributed by atoms with Crippen LogP contribution in [0.4, 0.5) is 17.6 Å². The molecule has 1 saturated heterocycles. The first-order chi connectivity index (χ1) is 5.46. The van der Waals surface area contributed by atoms with Crippen molar-refractivity contribution in [1.82, 2.24) is 0 Å². The first-order valence-corrected chi connectivity index (χ1v) is 5.33. The Morgan fingerprint density at radius 3 is 1.07 bits per heavy atom. The second kappa shape index (κ2) is 3.08. The number of halogens is 4. The maximum atomic E-state index is 12.2. The van der Waals surface area contributed by atoms with Gasteiger partial charge in [-0.2, -0.15) is 17.6 Å². The minimum Gasteiger partial charge on any atom is -0.425 e. The molecule has 0 N–H and O–H groups in total. The smallest absolute Gasteiger partial charge is 0.425 e. The van der Waals surface area contributed by atoms with Crippen LogP contribution in [0.5, 0.6) is 0 Å². The van der Waals surface area contributed by atoms with Gasteiger partial charge in [0.05, 0.1) is 0 Å². The second-order valence-corrected chi connectivity index (χ2v) is 5.58. The summed E-state index contributed by atoms with van der Waals surface area (Å²) in [5, 5.41) is -11.4. The molecule has 0 unspecified atom stereocenters. The van der Waals surface area contributed by atoms with Crippen molar-refractivity contribution in [2.75, 3.05) is 0 Å². The summed E-state index contributed by atoms with van der Waals surface area (Å²) in [4.78, 5) is 0. The second-order valence-electron chi connectivity index (χ2n) is 2.06. The van der Waals surface area contributed by atoms with Crippen molar-refractivity contribution in [3.05, 3.63) is 4.13 Å². The molecule has 0 amide bonds. The first kappa shape index (κ1) is 14.2. The van der Waals surface area contributed by atoms with Crippen molar-refractivity contribution in [3.63, 3.8) is 0 Å². The van der Waals surface area contributed by atoms with Crippen LogP contribution in [0.1, 0.15) is 0 Å². The average molecular weight is 249 g/mol. The predicted molar refractivity (Wildman–Crippen MR) is 31.1 cm³/mol. The molecule has 0 aromatic heterocycles. The average Bonchev–Trinajstić information content (AvgIpc) is 1.88. The zero-order valence-corrected chi connectivity index (χ0v) is 8.04. The molecule has 1 aliphatic rings. The van der Waals surface area contributed by atoms with E-state index >= 15 is 0 Å². The fourth-order valence-corrected chi connectivity index (χ4v) is 3.54. The number of rotatable bonds is 0. The van der Waals surface area contributed by atoms with Crippen molar-refractivity contribution in [1.29, 1.82) is 0 Å². The van der Waals surface area contributed by atoms with Crippen molar-refractivity contribution in [3.8, 4) is 0 Å². The Morgan fingerprint density at radius 2 is 1.00 bits per heavy atom. The largest absolute Gasteiger partial charge is 1.00 e. The molecule has 1 aliphatic heterocycles. The minimum atomic E-state index is -5.99. The van der Waals surface area contributed by atoms with E-state index in [9.17, 15) is 34.4 Å². The molecule has 0 atom stereocenters. The Bertz CT molecular complexity index is 398. The van der Waals surface area contributed by atoms with E-state index in [-0.39, 0.29) is 18.9 Å². The topological polar surface area (TPSA) is 82.4 Å². The van der Waals surface area contributed by atoms with E-state index in [2.05, 4.69) is 0 Å². The van der Waals surface area contributed by atoms with Crippen LogP contribution in [-0.4, -0.2) is 27.3 Å². The van der Waals surface area contributed by atoms with Gasteiger partial charge in [-0.15, -0.1) is 0 Å². The Kier molecular flexibility index (Phi) is 3.12. The fourth-order valence-electron chi connectivity index (χ4n) is 0.523. The summed E-state index contributed by atoms with van der Waals surface area (Å²) >= 11 is 0. The van der Waals surface area contributed by atoms with Gasteiger partial charge in [-0.05, 0) is 0 Å². The molecule has 0 bridgehead atoms. The quantitative estimate of drug-likeness (QED) is 0.343. The van der Waals surface area contributed by atoms with E-state index < -0.39 is 30.6 Å². The van der Waals surface area contributed by atoms with Gasteiger partial charge in [-0.1, -0.05) is 0 Å². The number of alkyl halides is 4. The Balaban J connectivity index is 0.00000169. The van der Waals surface area contributed by atoms with E-state index in [4.69, 9.17) is 0 Å². The molecule has 78 valence electrons.